The number of carbonyl (C=O) groups excluding carboxylic acids is 1. The summed E-state index contributed by atoms with van der Waals surface area (Å²) in [5.41, 5.74) is 1.75. The van der Waals surface area contributed by atoms with Gasteiger partial charge in [0, 0.05) is 30.9 Å². The maximum atomic E-state index is 13.5. The van der Waals surface area contributed by atoms with Crippen molar-refractivity contribution in [2.75, 3.05) is 23.7 Å². The molecule has 0 spiro atoms. The molecule has 0 aliphatic carbocycles. The molecule has 0 saturated carbocycles. The van der Waals surface area contributed by atoms with E-state index in [1.807, 2.05) is 19.9 Å². The Hall–Kier alpha value is -3.56. The highest BCUT2D eigenvalue weighted by Crippen LogP contribution is 2.15. The van der Waals surface area contributed by atoms with Crippen LogP contribution in [0.1, 0.15) is 17.2 Å². The minimum atomic E-state index is -0.841. The minimum Gasteiger partial charge on any atom is -0.368 e. The van der Waals surface area contributed by atoms with Crippen LogP contribution in [-0.4, -0.2) is 38.9 Å². The Bertz CT molecular complexity index is 1040. The van der Waals surface area contributed by atoms with Crippen molar-refractivity contribution in [3.63, 3.8) is 0 Å². The van der Waals surface area contributed by atoms with E-state index in [1.165, 1.54) is 0 Å². The molecule has 2 amide bonds. The van der Waals surface area contributed by atoms with Gasteiger partial charge in [-0.1, -0.05) is 0 Å². The van der Waals surface area contributed by atoms with Crippen molar-refractivity contribution in [2.24, 2.45) is 0 Å². The quantitative estimate of drug-likeness (QED) is 0.552. The Morgan fingerprint density at radius 1 is 1.07 bits per heavy atom. The molecule has 1 aromatic carbocycles. The highest BCUT2D eigenvalue weighted by molar-refractivity contribution is 5.89. The van der Waals surface area contributed by atoms with Gasteiger partial charge in [0.15, 0.2) is 5.82 Å². The summed E-state index contributed by atoms with van der Waals surface area (Å²) in [6, 6.07) is 6.05. The predicted octanol–water partition coefficient (Wildman–Crippen LogP) is 3.10. The number of hydrogen-bond donors (Lipinski definition) is 3. The monoisotopic (exact) mass is 401 g/mol. The van der Waals surface area contributed by atoms with Gasteiger partial charge in [-0.2, -0.15) is 5.10 Å². The second-order valence-corrected chi connectivity index (χ2v) is 6.43. The topological polar surface area (TPSA) is 96.8 Å². The summed E-state index contributed by atoms with van der Waals surface area (Å²) in [7, 11) is 0. The van der Waals surface area contributed by atoms with Gasteiger partial charge in [-0.25, -0.2) is 28.2 Å². The summed E-state index contributed by atoms with van der Waals surface area (Å²) in [5, 5.41) is 12.4. The van der Waals surface area contributed by atoms with Crippen molar-refractivity contribution in [3.8, 4) is 5.82 Å². The number of anilines is 2. The summed E-state index contributed by atoms with van der Waals surface area (Å²) in [6.45, 7) is 6.27. The fraction of sp³-hybridized carbons (Fsp3) is 0.263. The first-order valence-electron chi connectivity index (χ1n) is 8.95. The van der Waals surface area contributed by atoms with Crippen molar-refractivity contribution in [2.45, 2.75) is 20.8 Å². The molecular formula is C19H21F2N7O. The maximum absolute atomic E-state index is 13.5. The molecule has 3 aromatic rings. The van der Waals surface area contributed by atoms with Crippen LogP contribution in [0.5, 0.6) is 0 Å². The van der Waals surface area contributed by atoms with E-state index in [0.717, 1.165) is 23.5 Å². The van der Waals surface area contributed by atoms with Gasteiger partial charge in [0.2, 0.25) is 0 Å². The normalized spacial score (nSPS) is 10.7. The van der Waals surface area contributed by atoms with Crippen LogP contribution < -0.4 is 16.0 Å². The highest BCUT2D eigenvalue weighted by Gasteiger charge is 2.09. The van der Waals surface area contributed by atoms with Crippen molar-refractivity contribution < 1.29 is 13.6 Å². The fourth-order valence-corrected chi connectivity index (χ4v) is 2.74. The van der Waals surface area contributed by atoms with Crippen molar-refractivity contribution >= 4 is 17.5 Å². The standard InChI is InChI=1S/C19H21F2N7O/c1-11-8-12(2)28(27-11)18-10-17(24-13(3)25-18)22-6-7-23-19(29)26-16-5-4-14(20)9-15(16)21/h4-5,8-10H,6-7H2,1-3H3,(H,22,24,25)(H2,23,26,29). The van der Waals surface area contributed by atoms with Crippen molar-refractivity contribution in [3.05, 3.63) is 59.2 Å². The third-order valence-corrected chi connectivity index (χ3v) is 3.95. The average Bonchev–Trinajstić information content (AvgIpc) is 2.99. The molecule has 3 rings (SSSR count). The van der Waals surface area contributed by atoms with Gasteiger partial charge < -0.3 is 16.0 Å². The van der Waals surface area contributed by atoms with Crippen LogP contribution in [0.3, 0.4) is 0 Å². The first kappa shape index (κ1) is 20.2. The van der Waals surface area contributed by atoms with E-state index in [0.29, 0.717) is 30.1 Å². The summed E-state index contributed by atoms with van der Waals surface area (Å²) in [4.78, 5) is 20.6. The van der Waals surface area contributed by atoms with Crippen LogP contribution in [0.2, 0.25) is 0 Å². The smallest absolute Gasteiger partial charge is 0.319 e. The lowest BCUT2D eigenvalue weighted by Gasteiger charge is -2.11. The molecule has 8 nitrogen and oxygen atoms in total. The molecule has 10 heteroatoms. The summed E-state index contributed by atoms with van der Waals surface area (Å²) in [6.07, 6.45) is 0. The lowest BCUT2D eigenvalue weighted by Crippen LogP contribution is -2.33. The average molecular weight is 401 g/mol. The Balaban J connectivity index is 1.54. The van der Waals surface area contributed by atoms with E-state index in [1.54, 1.807) is 17.7 Å². The lowest BCUT2D eigenvalue weighted by molar-refractivity contribution is 0.252. The zero-order valence-corrected chi connectivity index (χ0v) is 16.3. The fourth-order valence-electron chi connectivity index (χ4n) is 2.74. The summed E-state index contributed by atoms with van der Waals surface area (Å²) in [5.74, 6) is 0.258. The Labute approximate surface area is 166 Å². The van der Waals surface area contributed by atoms with Crippen LogP contribution in [0.15, 0.2) is 30.3 Å². The van der Waals surface area contributed by atoms with Gasteiger partial charge in [-0.3, -0.25) is 0 Å². The number of halogens is 2. The number of benzene rings is 1. The van der Waals surface area contributed by atoms with E-state index < -0.39 is 17.7 Å². The molecule has 0 unspecified atom stereocenters. The van der Waals surface area contributed by atoms with Gasteiger partial charge in [-0.05, 0) is 39.0 Å². The molecule has 29 heavy (non-hydrogen) atoms. The number of urea groups is 1. The lowest BCUT2D eigenvalue weighted by atomic mass is 10.3. The van der Waals surface area contributed by atoms with Crippen molar-refractivity contribution in [1.29, 1.82) is 0 Å². The van der Waals surface area contributed by atoms with Crippen LogP contribution in [0.4, 0.5) is 25.1 Å². The Kier molecular flexibility index (Phi) is 6.01. The van der Waals surface area contributed by atoms with Crippen LogP contribution in [0, 0.1) is 32.4 Å². The van der Waals surface area contributed by atoms with E-state index in [-0.39, 0.29) is 12.2 Å². The molecular weight excluding hydrogens is 380 g/mol. The van der Waals surface area contributed by atoms with Crippen molar-refractivity contribution in [1.82, 2.24) is 25.1 Å². The molecule has 0 bridgehead atoms. The molecule has 2 aromatic heterocycles. The number of hydrogen-bond acceptors (Lipinski definition) is 5. The first-order valence-corrected chi connectivity index (χ1v) is 8.95. The molecule has 0 fully saturated rings. The number of aromatic nitrogens is 4. The van der Waals surface area contributed by atoms with Gasteiger partial charge >= 0.3 is 6.03 Å². The molecule has 0 radical (unpaired) electrons. The number of rotatable bonds is 6. The molecule has 152 valence electrons. The third-order valence-electron chi connectivity index (χ3n) is 3.95. The molecule has 0 aliphatic rings. The van der Waals surface area contributed by atoms with E-state index >= 15 is 0 Å². The summed E-state index contributed by atoms with van der Waals surface area (Å²) >= 11 is 0. The molecule has 0 atom stereocenters. The number of carbonyl (C=O) groups is 1. The second kappa shape index (κ2) is 8.63. The zero-order valence-electron chi connectivity index (χ0n) is 16.3. The molecule has 0 saturated heterocycles. The van der Waals surface area contributed by atoms with E-state index in [4.69, 9.17) is 0 Å². The Morgan fingerprint density at radius 3 is 2.55 bits per heavy atom. The number of aryl methyl sites for hydroxylation is 3. The zero-order chi connectivity index (χ0) is 21.0. The number of amides is 2. The second-order valence-electron chi connectivity index (χ2n) is 6.43. The van der Waals surface area contributed by atoms with Crippen LogP contribution >= 0.6 is 0 Å². The van der Waals surface area contributed by atoms with Gasteiger partial charge in [0.25, 0.3) is 0 Å². The summed E-state index contributed by atoms with van der Waals surface area (Å²) < 4.78 is 28.2. The highest BCUT2D eigenvalue weighted by atomic mass is 19.1. The predicted molar refractivity (Wildman–Crippen MR) is 105 cm³/mol. The maximum Gasteiger partial charge on any atom is 0.319 e. The Morgan fingerprint density at radius 2 is 1.86 bits per heavy atom. The largest absolute Gasteiger partial charge is 0.368 e. The van der Waals surface area contributed by atoms with Gasteiger partial charge in [0.1, 0.15) is 23.3 Å². The molecule has 2 heterocycles. The van der Waals surface area contributed by atoms with Gasteiger partial charge in [-0.15, -0.1) is 0 Å². The minimum absolute atomic E-state index is 0.0992. The van der Waals surface area contributed by atoms with E-state index in [9.17, 15) is 13.6 Å². The van der Waals surface area contributed by atoms with Gasteiger partial charge in [0.05, 0.1) is 11.4 Å². The van der Waals surface area contributed by atoms with Crippen LogP contribution in [-0.2, 0) is 0 Å². The van der Waals surface area contributed by atoms with E-state index in [2.05, 4.69) is 31.0 Å². The third kappa shape index (κ3) is 5.24. The molecule has 0 aliphatic heterocycles. The molecule has 3 N–H and O–H groups in total. The number of nitrogens with one attached hydrogen (secondary N) is 3. The SMILES string of the molecule is Cc1cc(C)n(-c2cc(NCCNC(=O)Nc3ccc(F)cc3F)nc(C)n2)n1. The first-order chi connectivity index (χ1) is 13.8. The number of nitrogens with zero attached hydrogens (tertiary/aromatic N) is 4. The van der Waals surface area contributed by atoms with Crippen LogP contribution in [0.25, 0.3) is 5.82 Å².